The molecule has 1 saturated carbocycles. The lowest BCUT2D eigenvalue weighted by Crippen LogP contribution is -2.38. The Bertz CT molecular complexity index is 371. The molecule has 0 atom stereocenters. The predicted molar refractivity (Wildman–Crippen MR) is 68.7 cm³/mol. The maximum Gasteiger partial charge on any atom is 0.227 e. The molecule has 0 radical (unpaired) electrons. The van der Waals surface area contributed by atoms with E-state index >= 15 is 0 Å². The van der Waals surface area contributed by atoms with Crippen LogP contribution in [0.1, 0.15) is 18.4 Å². The Hall–Kier alpha value is -1.35. The molecule has 1 aliphatic rings. The lowest BCUT2D eigenvalue weighted by atomic mass is 10.1. The molecule has 1 fully saturated rings. The predicted octanol–water partition coefficient (Wildman–Crippen LogP) is 1.34. The number of nitrogens with one attached hydrogen (secondary N) is 2. The molecular weight excluding hydrogens is 212 g/mol. The zero-order chi connectivity index (χ0) is 12.1. The van der Waals surface area contributed by atoms with Gasteiger partial charge in [0.25, 0.3) is 0 Å². The van der Waals surface area contributed by atoms with E-state index in [1.807, 2.05) is 25.2 Å². The summed E-state index contributed by atoms with van der Waals surface area (Å²) in [5.74, 6) is 0.211. The molecule has 0 heterocycles. The quantitative estimate of drug-likeness (QED) is 0.777. The molecule has 0 saturated heterocycles. The summed E-state index contributed by atoms with van der Waals surface area (Å²) in [7, 11) is 1.90. The third-order valence-corrected chi connectivity index (χ3v) is 3.39. The molecule has 92 valence electrons. The van der Waals surface area contributed by atoms with Crippen molar-refractivity contribution >= 4 is 5.91 Å². The largest absolute Gasteiger partial charge is 0.355 e. The average Bonchev–Trinajstić information content (AvgIpc) is 3.12. The Morgan fingerprint density at radius 1 is 1.29 bits per heavy atom. The highest BCUT2D eigenvalue weighted by Gasteiger charge is 2.48. The van der Waals surface area contributed by atoms with E-state index in [2.05, 4.69) is 22.8 Å². The van der Waals surface area contributed by atoms with Crippen LogP contribution in [-0.4, -0.2) is 26.0 Å². The zero-order valence-electron chi connectivity index (χ0n) is 10.3. The first-order chi connectivity index (χ1) is 8.27. The fourth-order valence-corrected chi connectivity index (χ4v) is 2.13. The van der Waals surface area contributed by atoms with Gasteiger partial charge in [0.05, 0.1) is 5.41 Å². The lowest BCUT2D eigenvalue weighted by molar-refractivity contribution is -0.126. The van der Waals surface area contributed by atoms with Gasteiger partial charge in [-0.25, -0.2) is 0 Å². The van der Waals surface area contributed by atoms with Gasteiger partial charge in [-0.2, -0.15) is 0 Å². The number of rotatable bonds is 6. The molecule has 1 aromatic rings. The molecule has 1 aliphatic carbocycles. The van der Waals surface area contributed by atoms with Crippen molar-refractivity contribution in [2.75, 3.05) is 20.1 Å². The summed E-state index contributed by atoms with van der Waals surface area (Å²) < 4.78 is 0. The van der Waals surface area contributed by atoms with Crippen molar-refractivity contribution < 1.29 is 4.79 Å². The molecule has 0 spiro atoms. The van der Waals surface area contributed by atoms with Crippen LogP contribution in [0.15, 0.2) is 30.3 Å². The third kappa shape index (κ3) is 3.07. The molecule has 3 nitrogen and oxygen atoms in total. The first-order valence-electron chi connectivity index (χ1n) is 6.24. The van der Waals surface area contributed by atoms with Crippen LogP contribution in [0.4, 0.5) is 0 Å². The lowest BCUT2D eigenvalue weighted by Gasteiger charge is -2.14. The summed E-state index contributed by atoms with van der Waals surface area (Å²) in [6, 6.07) is 10.2. The van der Waals surface area contributed by atoms with E-state index in [-0.39, 0.29) is 11.3 Å². The molecular formula is C14H20N2O. The van der Waals surface area contributed by atoms with E-state index in [1.54, 1.807) is 0 Å². The highest BCUT2D eigenvalue weighted by molar-refractivity contribution is 5.85. The smallest absolute Gasteiger partial charge is 0.227 e. The number of carbonyl (C=O) groups excluding carboxylic acids is 1. The fraction of sp³-hybridized carbons (Fsp3) is 0.500. The standard InChI is InChI=1S/C14H20N2O/c1-15-11-14(8-9-14)13(17)16-10-7-12-5-3-2-4-6-12/h2-6,15H,7-11H2,1H3,(H,16,17). The minimum Gasteiger partial charge on any atom is -0.355 e. The second-order valence-electron chi connectivity index (χ2n) is 4.80. The number of hydrogen-bond donors (Lipinski definition) is 2. The van der Waals surface area contributed by atoms with Gasteiger partial charge in [-0.1, -0.05) is 30.3 Å². The zero-order valence-corrected chi connectivity index (χ0v) is 10.3. The van der Waals surface area contributed by atoms with Crippen LogP contribution in [0.5, 0.6) is 0 Å². The van der Waals surface area contributed by atoms with Crippen molar-refractivity contribution in [2.24, 2.45) is 5.41 Å². The third-order valence-electron chi connectivity index (χ3n) is 3.39. The second-order valence-corrected chi connectivity index (χ2v) is 4.80. The fourth-order valence-electron chi connectivity index (χ4n) is 2.13. The van der Waals surface area contributed by atoms with Crippen LogP contribution < -0.4 is 10.6 Å². The topological polar surface area (TPSA) is 41.1 Å². The second kappa shape index (κ2) is 5.32. The van der Waals surface area contributed by atoms with Gasteiger partial charge >= 0.3 is 0 Å². The van der Waals surface area contributed by atoms with Gasteiger partial charge in [-0.05, 0) is 31.9 Å². The molecule has 1 amide bonds. The molecule has 0 aliphatic heterocycles. The van der Waals surface area contributed by atoms with E-state index in [0.717, 1.165) is 32.4 Å². The molecule has 0 aromatic heterocycles. The highest BCUT2D eigenvalue weighted by atomic mass is 16.2. The molecule has 1 aromatic carbocycles. The number of hydrogen-bond acceptors (Lipinski definition) is 2. The van der Waals surface area contributed by atoms with Crippen molar-refractivity contribution in [3.05, 3.63) is 35.9 Å². The molecule has 0 bridgehead atoms. The summed E-state index contributed by atoms with van der Waals surface area (Å²) >= 11 is 0. The van der Waals surface area contributed by atoms with Crippen molar-refractivity contribution in [3.8, 4) is 0 Å². The van der Waals surface area contributed by atoms with Gasteiger partial charge in [0, 0.05) is 13.1 Å². The van der Waals surface area contributed by atoms with Gasteiger partial charge in [-0.15, -0.1) is 0 Å². The maximum atomic E-state index is 12.0. The molecule has 0 unspecified atom stereocenters. The SMILES string of the molecule is CNCC1(C(=O)NCCc2ccccc2)CC1. The van der Waals surface area contributed by atoms with Crippen LogP contribution in [0.25, 0.3) is 0 Å². The molecule has 17 heavy (non-hydrogen) atoms. The Kier molecular flexibility index (Phi) is 3.79. The normalized spacial score (nSPS) is 16.5. The summed E-state index contributed by atoms with van der Waals surface area (Å²) in [5.41, 5.74) is 1.16. The minimum atomic E-state index is -0.106. The van der Waals surface area contributed by atoms with E-state index in [9.17, 15) is 4.79 Å². The number of carbonyl (C=O) groups is 1. The Balaban J connectivity index is 1.74. The van der Waals surface area contributed by atoms with Crippen molar-refractivity contribution in [2.45, 2.75) is 19.3 Å². The minimum absolute atomic E-state index is 0.106. The molecule has 2 rings (SSSR count). The average molecular weight is 232 g/mol. The van der Waals surface area contributed by atoms with Gasteiger partial charge in [0.1, 0.15) is 0 Å². The van der Waals surface area contributed by atoms with E-state index < -0.39 is 0 Å². The van der Waals surface area contributed by atoms with Crippen molar-refractivity contribution in [1.29, 1.82) is 0 Å². The van der Waals surface area contributed by atoms with E-state index in [0.29, 0.717) is 0 Å². The van der Waals surface area contributed by atoms with Crippen molar-refractivity contribution in [3.63, 3.8) is 0 Å². The van der Waals surface area contributed by atoms with Gasteiger partial charge in [0.15, 0.2) is 0 Å². The Morgan fingerprint density at radius 3 is 2.59 bits per heavy atom. The van der Waals surface area contributed by atoms with E-state index in [4.69, 9.17) is 0 Å². The van der Waals surface area contributed by atoms with Crippen LogP contribution in [0.3, 0.4) is 0 Å². The van der Waals surface area contributed by atoms with Crippen LogP contribution in [0.2, 0.25) is 0 Å². The number of benzene rings is 1. The Labute approximate surface area is 103 Å². The maximum absolute atomic E-state index is 12.0. The molecule has 2 N–H and O–H groups in total. The van der Waals surface area contributed by atoms with Gasteiger partial charge in [-0.3, -0.25) is 4.79 Å². The van der Waals surface area contributed by atoms with Crippen LogP contribution >= 0.6 is 0 Å². The van der Waals surface area contributed by atoms with Crippen LogP contribution in [0, 0.1) is 5.41 Å². The summed E-state index contributed by atoms with van der Waals surface area (Å²) in [6.07, 6.45) is 2.94. The van der Waals surface area contributed by atoms with E-state index in [1.165, 1.54) is 5.56 Å². The van der Waals surface area contributed by atoms with Crippen LogP contribution in [-0.2, 0) is 11.2 Å². The number of amides is 1. The highest BCUT2D eigenvalue weighted by Crippen LogP contribution is 2.45. The first-order valence-corrected chi connectivity index (χ1v) is 6.24. The molecule has 3 heteroatoms. The summed E-state index contributed by atoms with van der Waals surface area (Å²) in [5, 5.41) is 6.14. The van der Waals surface area contributed by atoms with Crippen molar-refractivity contribution in [1.82, 2.24) is 10.6 Å². The Morgan fingerprint density at radius 2 is 2.00 bits per heavy atom. The first kappa shape index (κ1) is 12.1. The van der Waals surface area contributed by atoms with Gasteiger partial charge in [0.2, 0.25) is 5.91 Å². The summed E-state index contributed by atoms with van der Waals surface area (Å²) in [6.45, 7) is 1.53. The monoisotopic (exact) mass is 232 g/mol. The summed E-state index contributed by atoms with van der Waals surface area (Å²) in [4.78, 5) is 12.0. The van der Waals surface area contributed by atoms with Gasteiger partial charge < -0.3 is 10.6 Å².